The summed E-state index contributed by atoms with van der Waals surface area (Å²) < 4.78 is 5.60. The highest BCUT2D eigenvalue weighted by atomic mass is 16.5. The number of nitrogens with two attached hydrogens (primary N) is 1. The van der Waals surface area contributed by atoms with Crippen LogP contribution < -0.4 is 15.8 Å². The van der Waals surface area contributed by atoms with Gasteiger partial charge in [-0.1, -0.05) is 13.0 Å². The van der Waals surface area contributed by atoms with Gasteiger partial charge in [-0.25, -0.2) is 0 Å². The Morgan fingerprint density at radius 1 is 1.48 bits per heavy atom. The Balaban J connectivity index is 1.95. The third-order valence-corrected chi connectivity index (χ3v) is 4.21. The monoisotopic (exact) mass is 290 g/mol. The molecule has 3 N–H and O–H groups in total. The smallest absolute Gasteiger partial charge is 0.258 e. The molecule has 1 amide bonds. The Hall–Kier alpha value is -1.55. The van der Waals surface area contributed by atoms with Crippen molar-refractivity contribution < 1.29 is 9.53 Å². The van der Waals surface area contributed by atoms with E-state index < -0.39 is 0 Å². The summed E-state index contributed by atoms with van der Waals surface area (Å²) in [6, 6.07) is 6.06. The van der Waals surface area contributed by atoms with Crippen molar-refractivity contribution in [2.45, 2.75) is 58.0 Å². The van der Waals surface area contributed by atoms with Crippen molar-refractivity contribution in [2.75, 3.05) is 6.61 Å². The third-order valence-electron chi connectivity index (χ3n) is 4.21. The number of fused-ring (bicyclic) bond motifs is 1. The molecule has 0 radical (unpaired) electrons. The average Bonchev–Trinajstić information content (AvgIpc) is 2.45. The van der Waals surface area contributed by atoms with Crippen LogP contribution in [0.2, 0.25) is 0 Å². The molecule has 1 atom stereocenters. The highest BCUT2D eigenvalue weighted by Crippen LogP contribution is 2.30. The van der Waals surface area contributed by atoms with Crippen molar-refractivity contribution in [3.8, 4) is 5.75 Å². The van der Waals surface area contributed by atoms with Crippen molar-refractivity contribution in [1.29, 1.82) is 0 Å². The largest absolute Gasteiger partial charge is 0.484 e. The van der Waals surface area contributed by atoms with Crippen LogP contribution in [0.25, 0.3) is 0 Å². The quantitative estimate of drug-likeness (QED) is 0.876. The van der Waals surface area contributed by atoms with Crippen molar-refractivity contribution >= 4 is 5.91 Å². The molecule has 0 aliphatic heterocycles. The average molecular weight is 290 g/mol. The van der Waals surface area contributed by atoms with Gasteiger partial charge in [-0.2, -0.15) is 0 Å². The van der Waals surface area contributed by atoms with Gasteiger partial charge in [0, 0.05) is 11.6 Å². The van der Waals surface area contributed by atoms with Crippen molar-refractivity contribution in [2.24, 2.45) is 5.73 Å². The standard InChI is InChI=1S/C17H26N2O2/c1-4-17(2,3)19-16(20)11-21-13-9-8-12-6-5-7-15(18)14(12)10-13/h8-10,15H,4-7,11,18H2,1-3H3,(H,19,20). The maximum atomic E-state index is 11.9. The fourth-order valence-electron chi connectivity index (χ4n) is 2.55. The molecule has 1 unspecified atom stereocenters. The van der Waals surface area contributed by atoms with Gasteiger partial charge in [-0.3, -0.25) is 4.79 Å². The summed E-state index contributed by atoms with van der Waals surface area (Å²) in [7, 11) is 0. The van der Waals surface area contributed by atoms with Gasteiger partial charge in [0.05, 0.1) is 0 Å². The highest BCUT2D eigenvalue weighted by Gasteiger charge is 2.19. The van der Waals surface area contributed by atoms with Gasteiger partial charge in [0.15, 0.2) is 6.61 Å². The number of aryl methyl sites for hydroxylation is 1. The fraction of sp³-hybridized carbons (Fsp3) is 0.588. The predicted octanol–water partition coefficient (Wildman–Crippen LogP) is 2.71. The lowest BCUT2D eigenvalue weighted by Crippen LogP contribution is -2.44. The molecule has 0 spiro atoms. The van der Waals surface area contributed by atoms with Gasteiger partial charge in [-0.05, 0) is 62.8 Å². The molecule has 2 rings (SSSR count). The van der Waals surface area contributed by atoms with Crippen LogP contribution in [-0.4, -0.2) is 18.1 Å². The van der Waals surface area contributed by atoms with E-state index >= 15 is 0 Å². The van der Waals surface area contributed by atoms with Crippen LogP contribution in [0, 0.1) is 0 Å². The first kappa shape index (κ1) is 15.8. The molecule has 21 heavy (non-hydrogen) atoms. The topological polar surface area (TPSA) is 64.3 Å². The summed E-state index contributed by atoms with van der Waals surface area (Å²) in [4.78, 5) is 11.9. The van der Waals surface area contributed by atoms with Crippen LogP contribution in [0.4, 0.5) is 0 Å². The van der Waals surface area contributed by atoms with Crippen LogP contribution >= 0.6 is 0 Å². The summed E-state index contributed by atoms with van der Waals surface area (Å²) in [5.41, 5.74) is 8.41. The summed E-state index contributed by atoms with van der Waals surface area (Å²) in [6.07, 6.45) is 4.12. The first-order valence-electron chi connectivity index (χ1n) is 7.73. The second-order valence-corrected chi connectivity index (χ2v) is 6.43. The minimum Gasteiger partial charge on any atom is -0.484 e. The maximum absolute atomic E-state index is 11.9. The molecule has 4 nitrogen and oxygen atoms in total. The summed E-state index contributed by atoms with van der Waals surface area (Å²) in [5.74, 6) is 0.624. The lowest BCUT2D eigenvalue weighted by Gasteiger charge is -2.25. The molecule has 0 saturated carbocycles. The molecule has 0 saturated heterocycles. The van der Waals surface area contributed by atoms with E-state index in [9.17, 15) is 4.79 Å². The Morgan fingerprint density at radius 3 is 2.95 bits per heavy atom. The van der Waals surface area contributed by atoms with Crippen molar-refractivity contribution in [3.05, 3.63) is 29.3 Å². The van der Waals surface area contributed by atoms with E-state index in [0.717, 1.165) is 37.0 Å². The number of carbonyl (C=O) groups excluding carboxylic acids is 1. The van der Waals surface area contributed by atoms with Gasteiger partial charge in [0.25, 0.3) is 5.91 Å². The Labute approximate surface area is 127 Å². The van der Waals surface area contributed by atoms with Gasteiger partial charge < -0.3 is 15.8 Å². The maximum Gasteiger partial charge on any atom is 0.258 e. The van der Waals surface area contributed by atoms with E-state index in [1.165, 1.54) is 5.56 Å². The van der Waals surface area contributed by atoms with E-state index in [1.54, 1.807) is 0 Å². The normalized spacial score (nSPS) is 18.0. The van der Waals surface area contributed by atoms with E-state index in [2.05, 4.69) is 11.4 Å². The van der Waals surface area contributed by atoms with Crippen molar-refractivity contribution in [1.82, 2.24) is 5.32 Å². The number of hydrogen-bond donors (Lipinski definition) is 2. The molecule has 1 aliphatic rings. The molecule has 0 fully saturated rings. The molecule has 1 aromatic rings. The molecule has 0 heterocycles. The Morgan fingerprint density at radius 2 is 2.24 bits per heavy atom. The third kappa shape index (κ3) is 4.21. The molecule has 116 valence electrons. The van der Waals surface area contributed by atoms with Gasteiger partial charge >= 0.3 is 0 Å². The zero-order chi connectivity index (χ0) is 15.5. The number of nitrogens with one attached hydrogen (secondary N) is 1. The lowest BCUT2D eigenvalue weighted by atomic mass is 9.88. The molecule has 4 heteroatoms. The zero-order valence-electron chi connectivity index (χ0n) is 13.2. The highest BCUT2D eigenvalue weighted by molar-refractivity contribution is 5.78. The molecule has 0 bridgehead atoms. The van der Waals surface area contributed by atoms with E-state index in [0.29, 0.717) is 0 Å². The number of ether oxygens (including phenoxy) is 1. The fourth-order valence-corrected chi connectivity index (χ4v) is 2.55. The number of amides is 1. The number of carbonyl (C=O) groups is 1. The summed E-state index contributed by atoms with van der Waals surface area (Å²) >= 11 is 0. The SMILES string of the molecule is CCC(C)(C)NC(=O)COc1ccc2c(c1)C(N)CCC2. The number of rotatable bonds is 5. The molecular weight excluding hydrogens is 264 g/mol. The van der Waals surface area contributed by atoms with E-state index in [1.807, 2.05) is 32.9 Å². The van der Waals surface area contributed by atoms with Crippen LogP contribution in [-0.2, 0) is 11.2 Å². The van der Waals surface area contributed by atoms with Gasteiger partial charge in [0.2, 0.25) is 0 Å². The molecule has 1 aliphatic carbocycles. The first-order chi connectivity index (χ1) is 9.91. The Bertz CT molecular complexity index is 512. The predicted molar refractivity (Wildman–Crippen MR) is 84.3 cm³/mol. The lowest BCUT2D eigenvalue weighted by molar-refractivity contribution is -0.124. The van der Waals surface area contributed by atoms with E-state index in [-0.39, 0.29) is 24.1 Å². The molecule has 0 aromatic heterocycles. The Kier molecular flexibility index (Phi) is 4.88. The first-order valence-corrected chi connectivity index (χ1v) is 7.73. The molecule has 1 aromatic carbocycles. The van der Waals surface area contributed by atoms with Crippen LogP contribution in [0.3, 0.4) is 0 Å². The summed E-state index contributed by atoms with van der Waals surface area (Å²) in [5, 5.41) is 2.96. The summed E-state index contributed by atoms with van der Waals surface area (Å²) in [6.45, 7) is 6.09. The second kappa shape index (κ2) is 6.48. The minimum absolute atomic E-state index is 0.0391. The van der Waals surface area contributed by atoms with Crippen LogP contribution in [0.1, 0.15) is 57.2 Å². The second-order valence-electron chi connectivity index (χ2n) is 6.43. The number of hydrogen-bond acceptors (Lipinski definition) is 3. The molecular formula is C17H26N2O2. The number of benzene rings is 1. The van der Waals surface area contributed by atoms with Crippen molar-refractivity contribution in [3.63, 3.8) is 0 Å². The van der Waals surface area contributed by atoms with Crippen LogP contribution in [0.5, 0.6) is 5.75 Å². The van der Waals surface area contributed by atoms with E-state index in [4.69, 9.17) is 10.5 Å². The van der Waals surface area contributed by atoms with Gasteiger partial charge in [-0.15, -0.1) is 0 Å². The van der Waals surface area contributed by atoms with Gasteiger partial charge in [0.1, 0.15) is 5.75 Å². The minimum atomic E-state index is -0.196. The van der Waals surface area contributed by atoms with Crippen LogP contribution in [0.15, 0.2) is 18.2 Å². The zero-order valence-corrected chi connectivity index (χ0v) is 13.2.